The minimum Gasteiger partial charge on any atom is -0.355 e. The van der Waals surface area contributed by atoms with Crippen LogP contribution in [0.15, 0.2) is 12.2 Å². The smallest absolute Gasteiger partial charge is 0.246 e. The third-order valence-corrected chi connectivity index (χ3v) is 1.44. The Balaban J connectivity index is 3.92. The van der Waals surface area contributed by atoms with Crippen LogP contribution in [0.4, 0.5) is 0 Å². The van der Waals surface area contributed by atoms with Crippen LogP contribution in [-0.2, 0) is 9.59 Å². The van der Waals surface area contributed by atoms with Crippen molar-refractivity contribution < 1.29 is 9.59 Å². The SMILES string of the molecule is CC=CC(=O)N(C)CC(=O)NCC. The third kappa shape index (κ3) is 5.00. The summed E-state index contributed by atoms with van der Waals surface area (Å²) in [6, 6.07) is 0. The number of nitrogens with zero attached hydrogens (tertiary/aromatic N) is 1. The number of carbonyl (C=O) groups excluding carboxylic acids is 2. The van der Waals surface area contributed by atoms with Crippen molar-refractivity contribution in [3.8, 4) is 0 Å². The first-order valence-electron chi connectivity index (χ1n) is 4.26. The average Bonchev–Trinajstić information content (AvgIpc) is 2.05. The van der Waals surface area contributed by atoms with Gasteiger partial charge >= 0.3 is 0 Å². The van der Waals surface area contributed by atoms with Gasteiger partial charge in [0, 0.05) is 13.6 Å². The third-order valence-electron chi connectivity index (χ3n) is 1.44. The summed E-state index contributed by atoms with van der Waals surface area (Å²) in [5.74, 6) is -0.295. The van der Waals surface area contributed by atoms with E-state index in [4.69, 9.17) is 0 Å². The van der Waals surface area contributed by atoms with E-state index in [0.717, 1.165) is 0 Å². The molecular formula is C9H16N2O2. The molecule has 0 heterocycles. The first-order valence-corrected chi connectivity index (χ1v) is 4.26. The molecule has 1 N–H and O–H groups in total. The molecule has 0 atom stereocenters. The molecule has 0 aliphatic rings. The van der Waals surface area contributed by atoms with Crippen LogP contribution in [0.3, 0.4) is 0 Å². The number of hydrogen-bond acceptors (Lipinski definition) is 2. The molecule has 4 heteroatoms. The highest BCUT2D eigenvalue weighted by atomic mass is 16.2. The predicted molar refractivity (Wildman–Crippen MR) is 51.1 cm³/mol. The molecule has 0 aliphatic carbocycles. The van der Waals surface area contributed by atoms with Gasteiger partial charge < -0.3 is 10.2 Å². The topological polar surface area (TPSA) is 49.4 Å². The lowest BCUT2D eigenvalue weighted by Gasteiger charge is -2.13. The largest absolute Gasteiger partial charge is 0.355 e. The highest BCUT2D eigenvalue weighted by molar-refractivity contribution is 5.90. The summed E-state index contributed by atoms with van der Waals surface area (Å²) in [6.07, 6.45) is 3.08. The second-order valence-electron chi connectivity index (χ2n) is 2.65. The van der Waals surface area contributed by atoms with Gasteiger partial charge in [-0.25, -0.2) is 0 Å². The number of carbonyl (C=O) groups is 2. The van der Waals surface area contributed by atoms with E-state index in [2.05, 4.69) is 5.32 Å². The van der Waals surface area contributed by atoms with Gasteiger partial charge in [0.15, 0.2) is 0 Å². The van der Waals surface area contributed by atoms with E-state index < -0.39 is 0 Å². The average molecular weight is 184 g/mol. The molecule has 0 aromatic rings. The first kappa shape index (κ1) is 11.7. The molecule has 0 aromatic heterocycles. The highest BCUT2D eigenvalue weighted by Crippen LogP contribution is 1.86. The van der Waals surface area contributed by atoms with Gasteiger partial charge in [-0.1, -0.05) is 6.08 Å². The van der Waals surface area contributed by atoms with Crippen LogP contribution in [0.2, 0.25) is 0 Å². The van der Waals surface area contributed by atoms with Gasteiger partial charge in [0.2, 0.25) is 11.8 Å². The summed E-state index contributed by atoms with van der Waals surface area (Å²) in [5.41, 5.74) is 0. The van der Waals surface area contributed by atoms with Crippen molar-refractivity contribution in [3.05, 3.63) is 12.2 Å². The van der Waals surface area contributed by atoms with Crippen molar-refractivity contribution in [2.45, 2.75) is 13.8 Å². The Bertz CT molecular complexity index is 212. The Morgan fingerprint density at radius 2 is 2.08 bits per heavy atom. The van der Waals surface area contributed by atoms with Gasteiger partial charge in [0.05, 0.1) is 6.54 Å². The zero-order valence-corrected chi connectivity index (χ0v) is 8.33. The molecule has 4 nitrogen and oxygen atoms in total. The summed E-state index contributed by atoms with van der Waals surface area (Å²) in [5, 5.41) is 2.62. The van der Waals surface area contributed by atoms with E-state index in [1.54, 1.807) is 20.0 Å². The van der Waals surface area contributed by atoms with Crippen molar-refractivity contribution in [1.82, 2.24) is 10.2 Å². The van der Waals surface area contributed by atoms with Gasteiger partial charge in [0.1, 0.15) is 0 Å². The molecular weight excluding hydrogens is 168 g/mol. The number of likely N-dealkylation sites (N-methyl/N-ethyl adjacent to an activating group) is 2. The standard InChI is InChI=1S/C9H16N2O2/c1-4-6-9(13)11(3)7-8(12)10-5-2/h4,6H,5,7H2,1-3H3,(H,10,12). The molecule has 0 saturated carbocycles. The lowest BCUT2D eigenvalue weighted by molar-refractivity contribution is -0.131. The maximum absolute atomic E-state index is 11.1. The summed E-state index contributed by atoms with van der Waals surface area (Å²) < 4.78 is 0. The molecule has 0 unspecified atom stereocenters. The molecule has 0 aliphatic heterocycles. The van der Waals surface area contributed by atoms with E-state index in [0.29, 0.717) is 6.54 Å². The number of allylic oxidation sites excluding steroid dienone is 1. The highest BCUT2D eigenvalue weighted by Gasteiger charge is 2.08. The van der Waals surface area contributed by atoms with E-state index >= 15 is 0 Å². The Morgan fingerprint density at radius 1 is 1.46 bits per heavy atom. The van der Waals surface area contributed by atoms with E-state index in [1.165, 1.54) is 11.0 Å². The zero-order valence-electron chi connectivity index (χ0n) is 8.33. The van der Waals surface area contributed by atoms with Crippen LogP contribution in [0.5, 0.6) is 0 Å². The van der Waals surface area contributed by atoms with Gasteiger partial charge in [-0.15, -0.1) is 0 Å². The molecule has 0 rings (SSSR count). The predicted octanol–water partition coefficient (Wildman–Crippen LogP) is 0.157. The number of rotatable bonds is 4. The zero-order chi connectivity index (χ0) is 10.3. The fourth-order valence-electron chi connectivity index (χ4n) is 0.816. The summed E-state index contributed by atoms with van der Waals surface area (Å²) in [6.45, 7) is 4.30. The maximum Gasteiger partial charge on any atom is 0.246 e. The summed E-state index contributed by atoms with van der Waals surface area (Å²) in [7, 11) is 1.59. The first-order chi connectivity index (χ1) is 6.11. The van der Waals surface area contributed by atoms with Crippen molar-refractivity contribution >= 4 is 11.8 Å². The molecule has 0 fully saturated rings. The molecule has 74 valence electrons. The number of amides is 2. The van der Waals surface area contributed by atoms with Crippen LogP contribution < -0.4 is 5.32 Å². The minimum absolute atomic E-state index is 0.108. The van der Waals surface area contributed by atoms with Crippen molar-refractivity contribution in [3.63, 3.8) is 0 Å². The molecule has 0 spiro atoms. The van der Waals surface area contributed by atoms with Gasteiger partial charge in [-0.05, 0) is 19.9 Å². The molecule has 13 heavy (non-hydrogen) atoms. The summed E-state index contributed by atoms with van der Waals surface area (Å²) in [4.78, 5) is 23.5. The van der Waals surface area contributed by atoms with Gasteiger partial charge in [-0.2, -0.15) is 0 Å². The quantitative estimate of drug-likeness (QED) is 0.633. The Morgan fingerprint density at radius 3 is 2.54 bits per heavy atom. The van der Waals surface area contributed by atoms with E-state index in [9.17, 15) is 9.59 Å². The molecule has 0 saturated heterocycles. The Kier molecular flexibility index (Phi) is 5.59. The lowest BCUT2D eigenvalue weighted by atomic mass is 10.4. The molecule has 0 aromatic carbocycles. The van der Waals surface area contributed by atoms with Gasteiger partial charge in [0.25, 0.3) is 0 Å². The number of nitrogens with one attached hydrogen (secondary N) is 1. The number of hydrogen-bond donors (Lipinski definition) is 1. The monoisotopic (exact) mass is 184 g/mol. The van der Waals surface area contributed by atoms with Crippen molar-refractivity contribution in [1.29, 1.82) is 0 Å². The Hall–Kier alpha value is -1.32. The summed E-state index contributed by atoms with van der Waals surface area (Å²) >= 11 is 0. The fraction of sp³-hybridized carbons (Fsp3) is 0.556. The molecule has 2 amide bonds. The van der Waals surface area contributed by atoms with Crippen molar-refractivity contribution in [2.75, 3.05) is 20.1 Å². The fourth-order valence-corrected chi connectivity index (χ4v) is 0.816. The minimum atomic E-state index is -0.159. The van der Waals surface area contributed by atoms with Crippen molar-refractivity contribution in [2.24, 2.45) is 0 Å². The van der Waals surface area contributed by atoms with E-state index in [-0.39, 0.29) is 18.4 Å². The van der Waals surface area contributed by atoms with Crippen LogP contribution in [0, 0.1) is 0 Å². The second-order valence-corrected chi connectivity index (χ2v) is 2.65. The Labute approximate surface area is 78.6 Å². The van der Waals surface area contributed by atoms with Crippen LogP contribution in [0.25, 0.3) is 0 Å². The normalized spacial score (nSPS) is 10.1. The van der Waals surface area contributed by atoms with Crippen LogP contribution in [0.1, 0.15) is 13.8 Å². The van der Waals surface area contributed by atoms with Gasteiger partial charge in [-0.3, -0.25) is 9.59 Å². The lowest BCUT2D eigenvalue weighted by Crippen LogP contribution is -2.37. The van der Waals surface area contributed by atoms with Crippen LogP contribution >= 0.6 is 0 Å². The maximum atomic E-state index is 11.1. The van der Waals surface area contributed by atoms with Crippen LogP contribution in [-0.4, -0.2) is 36.9 Å². The van der Waals surface area contributed by atoms with E-state index in [1.807, 2.05) is 6.92 Å². The second kappa shape index (κ2) is 6.22. The molecule has 0 radical (unpaired) electrons. The molecule has 0 bridgehead atoms.